The molecular weight excluding hydrogens is 255 g/mol. The van der Waals surface area contributed by atoms with Gasteiger partial charge in [-0.15, -0.1) is 0 Å². The van der Waals surface area contributed by atoms with Crippen LogP contribution in [0.1, 0.15) is 0 Å². The summed E-state index contributed by atoms with van der Waals surface area (Å²) in [4.78, 5) is 0. The fourth-order valence-corrected chi connectivity index (χ4v) is 1.21. The molecule has 5 heteroatoms. The molecule has 0 fully saturated rings. The topological polar surface area (TPSA) is 49.7 Å². The molecule has 0 spiro atoms. The van der Waals surface area contributed by atoms with Crippen molar-refractivity contribution in [3.05, 3.63) is 28.5 Å². The number of halogens is 2. The second kappa shape index (κ2) is 5.29. The maximum absolute atomic E-state index is 12.9. The summed E-state index contributed by atoms with van der Waals surface area (Å²) in [7, 11) is 0. The molecule has 0 aliphatic heterocycles. The molecule has 78 valence electrons. The summed E-state index contributed by atoms with van der Waals surface area (Å²) in [6.07, 6.45) is -0.954. The Morgan fingerprint density at radius 1 is 1.50 bits per heavy atom. The van der Waals surface area contributed by atoms with Crippen LogP contribution < -0.4 is 4.74 Å². The van der Waals surface area contributed by atoms with E-state index in [0.29, 0.717) is 5.75 Å². The number of hydrogen-bond donors (Lipinski definition) is 2. The summed E-state index contributed by atoms with van der Waals surface area (Å²) in [6.45, 7) is -0.453. The predicted octanol–water partition coefficient (Wildman–Crippen LogP) is 1.32. The first kappa shape index (κ1) is 11.4. The first-order valence-corrected chi connectivity index (χ1v) is 4.80. The van der Waals surface area contributed by atoms with Crippen molar-refractivity contribution in [2.45, 2.75) is 6.10 Å². The van der Waals surface area contributed by atoms with Crippen molar-refractivity contribution < 1.29 is 19.3 Å². The highest BCUT2D eigenvalue weighted by molar-refractivity contribution is 9.10. The van der Waals surface area contributed by atoms with E-state index in [4.69, 9.17) is 14.9 Å². The molecule has 0 saturated carbocycles. The van der Waals surface area contributed by atoms with E-state index >= 15 is 0 Å². The van der Waals surface area contributed by atoms with Crippen LogP contribution in [0.15, 0.2) is 22.7 Å². The summed E-state index contributed by atoms with van der Waals surface area (Å²) in [5.74, 6) is -0.126. The molecule has 1 aromatic rings. The van der Waals surface area contributed by atoms with Crippen LogP contribution in [0.5, 0.6) is 5.75 Å². The van der Waals surface area contributed by atoms with Gasteiger partial charge in [-0.25, -0.2) is 4.39 Å². The Hall–Kier alpha value is -0.650. The first-order chi connectivity index (χ1) is 6.65. The number of ether oxygens (including phenoxy) is 1. The summed E-state index contributed by atoms with van der Waals surface area (Å²) in [6, 6.07) is 4.36. The molecule has 0 amide bonds. The van der Waals surface area contributed by atoms with Crippen LogP contribution in [0.4, 0.5) is 4.39 Å². The minimum atomic E-state index is -0.954. The molecule has 0 bridgehead atoms. The molecule has 3 nitrogen and oxygen atoms in total. The van der Waals surface area contributed by atoms with E-state index in [-0.39, 0.29) is 17.7 Å². The highest BCUT2D eigenvalue weighted by Gasteiger charge is 2.08. The van der Waals surface area contributed by atoms with Gasteiger partial charge < -0.3 is 14.9 Å². The van der Waals surface area contributed by atoms with Crippen LogP contribution in [-0.2, 0) is 0 Å². The number of aliphatic hydroxyl groups excluding tert-OH is 2. The van der Waals surface area contributed by atoms with Crippen molar-refractivity contribution in [3.63, 3.8) is 0 Å². The molecule has 0 aliphatic carbocycles. The molecule has 14 heavy (non-hydrogen) atoms. The fraction of sp³-hybridized carbons (Fsp3) is 0.333. The summed E-state index contributed by atoms with van der Waals surface area (Å²) >= 11 is 3.01. The zero-order valence-electron chi connectivity index (χ0n) is 7.28. The maximum atomic E-state index is 12.9. The van der Waals surface area contributed by atoms with Gasteiger partial charge in [0.1, 0.15) is 24.3 Å². The van der Waals surface area contributed by atoms with Gasteiger partial charge in [-0.2, -0.15) is 0 Å². The van der Waals surface area contributed by atoms with E-state index in [1.807, 2.05) is 0 Å². The standard InChI is InChI=1S/C9H10BrFO3/c10-9-7(11)2-1-3-8(9)14-5-6(13)4-12/h1-3,6,12-13H,4-5H2. The molecular formula is C9H10BrFO3. The zero-order valence-corrected chi connectivity index (χ0v) is 8.87. The van der Waals surface area contributed by atoms with Gasteiger partial charge in [0.05, 0.1) is 11.1 Å². The molecule has 0 heterocycles. The molecule has 0 saturated heterocycles. The Bertz CT molecular complexity index is 306. The fourth-order valence-electron chi connectivity index (χ4n) is 0.834. The van der Waals surface area contributed by atoms with Gasteiger partial charge >= 0.3 is 0 Å². The first-order valence-electron chi connectivity index (χ1n) is 4.01. The van der Waals surface area contributed by atoms with Gasteiger partial charge in [0.15, 0.2) is 0 Å². The van der Waals surface area contributed by atoms with Gasteiger partial charge in [-0.1, -0.05) is 6.07 Å². The minimum Gasteiger partial charge on any atom is -0.490 e. The Morgan fingerprint density at radius 2 is 2.21 bits per heavy atom. The van der Waals surface area contributed by atoms with E-state index in [0.717, 1.165) is 0 Å². The van der Waals surface area contributed by atoms with Crippen molar-refractivity contribution in [3.8, 4) is 5.75 Å². The van der Waals surface area contributed by atoms with Gasteiger partial charge in [0, 0.05) is 0 Å². The summed E-state index contributed by atoms with van der Waals surface area (Å²) in [5, 5.41) is 17.5. The zero-order chi connectivity index (χ0) is 10.6. The lowest BCUT2D eigenvalue weighted by atomic mass is 10.3. The van der Waals surface area contributed by atoms with Crippen LogP contribution in [0.3, 0.4) is 0 Å². The minimum absolute atomic E-state index is 0.0709. The summed E-state index contributed by atoms with van der Waals surface area (Å²) < 4.78 is 18.2. The van der Waals surface area contributed by atoms with E-state index in [1.54, 1.807) is 6.07 Å². The smallest absolute Gasteiger partial charge is 0.141 e. The third kappa shape index (κ3) is 2.94. The van der Waals surface area contributed by atoms with Gasteiger partial charge in [-0.05, 0) is 28.1 Å². The molecule has 2 N–H and O–H groups in total. The van der Waals surface area contributed by atoms with Gasteiger partial charge in [-0.3, -0.25) is 0 Å². The number of hydrogen-bond acceptors (Lipinski definition) is 3. The second-order valence-corrected chi connectivity index (χ2v) is 3.49. The normalized spacial score (nSPS) is 12.6. The lowest BCUT2D eigenvalue weighted by molar-refractivity contribution is 0.0532. The Balaban J connectivity index is 2.63. The number of rotatable bonds is 4. The van der Waals surface area contributed by atoms with Crippen LogP contribution in [-0.4, -0.2) is 29.5 Å². The number of benzene rings is 1. The molecule has 1 unspecified atom stereocenters. The number of aliphatic hydroxyl groups is 2. The molecule has 1 atom stereocenters. The average Bonchev–Trinajstić information content (AvgIpc) is 2.20. The van der Waals surface area contributed by atoms with Gasteiger partial charge in [0.2, 0.25) is 0 Å². The molecule has 1 aromatic carbocycles. The monoisotopic (exact) mass is 264 g/mol. The van der Waals surface area contributed by atoms with Crippen molar-refractivity contribution in [2.24, 2.45) is 0 Å². The molecule has 0 radical (unpaired) electrons. The summed E-state index contributed by atoms with van der Waals surface area (Å²) in [5.41, 5.74) is 0. The van der Waals surface area contributed by atoms with E-state index in [9.17, 15) is 4.39 Å². The second-order valence-electron chi connectivity index (χ2n) is 2.70. The highest BCUT2D eigenvalue weighted by Crippen LogP contribution is 2.27. The average molecular weight is 265 g/mol. The quantitative estimate of drug-likeness (QED) is 0.863. The lowest BCUT2D eigenvalue weighted by Gasteiger charge is -2.11. The van der Waals surface area contributed by atoms with E-state index in [1.165, 1.54) is 12.1 Å². The van der Waals surface area contributed by atoms with Crippen LogP contribution >= 0.6 is 15.9 Å². The Labute approximate surface area is 89.3 Å². The third-order valence-electron chi connectivity index (χ3n) is 1.56. The SMILES string of the molecule is OCC(O)COc1cccc(F)c1Br. The Kier molecular flexibility index (Phi) is 4.31. The molecule has 0 aromatic heterocycles. The van der Waals surface area contributed by atoms with Gasteiger partial charge in [0.25, 0.3) is 0 Å². The van der Waals surface area contributed by atoms with Crippen LogP contribution in [0, 0.1) is 5.82 Å². The highest BCUT2D eigenvalue weighted by atomic mass is 79.9. The molecule has 1 rings (SSSR count). The largest absolute Gasteiger partial charge is 0.490 e. The molecule has 0 aliphatic rings. The van der Waals surface area contributed by atoms with Crippen LogP contribution in [0.25, 0.3) is 0 Å². The van der Waals surface area contributed by atoms with Crippen molar-refractivity contribution in [1.82, 2.24) is 0 Å². The van der Waals surface area contributed by atoms with E-state index < -0.39 is 11.9 Å². The van der Waals surface area contributed by atoms with E-state index in [2.05, 4.69) is 15.9 Å². The van der Waals surface area contributed by atoms with Crippen molar-refractivity contribution >= 4 is 15.9 Å². The predicted molar refractivity (Wildman–Crippen MR) is 52.7 cm³/mol. The lowest BCUT2D eigenvalue weighted by Crippen LogP contribution is -2.21. The van der Waals surface area contributed by atoms with Crippen molar-refractivity contribution in [2.75, 3.05) is 13.2 Å². The third-order valence-corrected chi connectivity index (χ3v) is 2.33. The maximum Gasteiger partial charge on any atom is 0.141 e. The van der Waals surface area contributed by atoms with Crippen LogP contribution in [0.2, 0.25) is 0 Å². The van der Waals surface area contributed by atoms with Crippen molar-refractivity contribution in [1.29, 1.82) is 0 Å². The Morgan fingerprint density at radius 3 is 2.86 bits per heavy atom.